The fourth-order valence-corrected chi connectivity index (χ4v) is 23.9. The molecule has 0 saturated heterocycles. The molecule has 0 saturated carbocycles. The zero-order chi connectivity index (χ0) is 90.8. The molecule has 658 valence electrons. The molecule has 0 atom stereocenters. The van der Waals surface area contributed by atoms with Gasteiger partial charge in [0.25, 0.3) is 23.6 Å². The maximum atomic E-state index is 13.8. The zero-order valence-electron chi connectivity index (χ0n) is 75.9. The third-order valence-electron chi connectivity index (χ3n) is 27.4. The van der Waals surface area contributed by atoms with E-state index in [1.807, 2.05) is 116 Å². The summed E-state index contributed by atoms with van der Waals surface area (Å²) < 4.78 is 4.69. The Bertz CT molecular complexity index is 6680. The lowest BCUT2D eigenvalue weighted by Crippen LogP contribution is -2.44. The van der Waals surface area contributed by atoms with E-state index < -0.39 is 0 Å². The Hall–Kier alpha value is -13.3. The van der Waals surface area contributed by atoms with Gasteiger partial charge in [-0.15, -0.1) is 45.3 Å². The molecular formula is C106H104N14O6S4. The molecule has 20 nitrogen and oxygen atoms in total. The summed E-state index contributed by atoms with van der Waals surface area (Å²) in [6, 6.07) is 66.9. The number of aromatic hydroxyl groups is 2. The topological polar surface area (TPSA) is 215 Å². The number of hydrogen-bond acceptors (Lipinski definition) is 18. The number of fused-ring (bicyclic) bond motifs is 5. The van der Waals surface area contributed by atoms with Gasteiger partial charge in [-0.25, -0.2) is 9.98 Å². The van der Waals surface area contributed by atoms with Gasteiger partial charge >= 0.3 is 0 Å². The van der Waals surface area contributed by atoms with E-state index in [4.69, 9.17) is 0 Å². The summed E-state index contributed by atoms with van der Waals surface area (Å²) in [7, 11) is 16.2. The van der Waals surface area contributed by atoms with Crippen molar-refractivity contribution < 1.29 is 29.4 Å². The SMILES string of the molecule is CC1(C)CCN2CCC(C)(C)c3cc(C4=NC(=O)c5c(-c6cc7c8c(c6)C(C)(C)CCN8CCC7(C)C)[nH]c(O)c54)cc1c32.CN(C)c1ccc(N(c2ccc(C3=C4C(=O)NC(c5ccc(N(c6ccc(N(C)C)cc6)c6ccc(N(C)C)cc6)cc5)=C4C(=O)N3)cc2)c2ccc(N(C)C)cc2)cc1.O=C1N=C(c2cc3sccc3s2)c2c(O)[nH]c(-c3cc4sccc4s3)c21. The van der Waals surface area contributed by atoms with Crippen LogP contribution in [0.2, 0.25) is 0 Å². The molecule has 0 fully saturated rings. The minimum absolute atomic E-state index is 0.00751. The Morgan fingerprint density at radius 1 is 0.338 bits per heavy atom. The largest absolute Gasteiger partial charge is 0.494 e. The minimum atomic E-state index is -0.311. The maximum absolute atomic E-state index is 13.8. The molecule has 6 aromatic heterocycles. The summed E-state index contributed by atoms with van der Waals surface area (Å²) in [5.41, 5.74) is 28.1. The number of carbonyl (C=O) groups is 4. The number of aromatic nitrogens is 2. The highest BCUT2D eigenvalue weighted by Crippen LogP contribution is 2.55. The molecule has 130 heavy (non-hydrogen) atoms. The number of carbonyl (C=O) groups excluding carboxylic acids is 4. The second kappa shape index (κ2) is 31.8. The third kappa shape index (κ3) is 14.6. The first-order valence-electron chi connectivity index (χ1n) is 44.2. The summed E-state index contributed by atoms with van der Waals surface area (Å²) in [6.07, 6.45) is 4.36. The number of thiophene rings is 4. The molecule has 0 spiro atoms. The number of aliphatic imine (C=N–C) groups is 2. The van der Waals surface area contributed by atoms with Gasteiger partial charge in [0, 0.05) is 175 Å². The maximum Gasteiger partial charge on any atom is 0.280 e. The smallest absolute Gasteiger partial charge is 0.280 e. The number of rotatable bonds is 16. The average Bonchev–Trinajstić information content (AvgIpc) is 1.33. The molecule has 14 aromatic rings. The molecule has 6 N–H and O–H groups in total. The summed E-state index contributed by atoms with van der Waals surface area (Å²) in [4.78, 5) is 88.9. The van der Waals surface area contributed by atoms with Crippen LogP contribution >= 0.6 is 45.3 Å². The van der Waals surface area contributed by atoms with Crippen LogP contribution in [-0.2, 0) is 31.2 Å². The normalized spacial score (nSPS) is 16.7. The number of anilines is 12. The van der Waals surface area contributed by atoms with Crippen LogP contribution in [-0.4, -0.2) is 138 Å². The highest BCUT2D eigenvalue weighted by atomic mass is 32.1. The summed E-state index contributed by atoms with van der Waals surface area (Å²) >= 11 is 6.53. The molecule has 0 bridgehead atoms. The minimum Gasteiger partial charge on any atom is -0.494 e. The fraction of sp³-hybridized carbons (Fsp3) is 0.264. The van der Waals surface area contributed by atoms with Gasteiger partial charge in [-0.2, -0.15) is 0 Å². The molecule has 8 aliphatic heterocycles. The van der Waals surface area contributed by atoms with Crippen molar-refractivity contribution >= 4 is 179 Å². The van der Waals surface area contributed by atoms with Crippen LogP contribution in [0, 0.1) is 0 Å². The van der Waals surface area contributed by atoms with E-state index in [1.165, 1.54) is 52.4 Å². The van der Waals surface area contributed by atoms with Crippen molar-refractivity contribution in [2.24, 2.45) is 9.98 Å². The van der Waals surface area contributed by atoms with Gasteiger partial charge in [-0.05, 0) is 267 Å². The Kier molecular flexibility index (Phi) is 20.8. The van der Waals surface area contributed by atoms with E-state index in [0.29, 0.717) is 67.6 Å². The lowest BCUT2D eigenvalue weighted by atomic mass is 9.69. The number of amides is 4. The Labute approximate surface area is 773 Å². The van der Waals surface area contributed by atoms with Gasteiger partial charge in [0.1, 0.15) is 0 Å². The monoisotopic (exact) mass is 1800 g/mol. The number of nitrogens with one attached hydrogen (secondary N) is 4. The predicted octanol–water partition coefficient (Wildman–Crippen LogP) is 22.9. The highest BCUT2D eigenvalue weighted by Gasteiger charge is 2.46. The van der Waals surface area contributed by atoms with Crippen molar-refractivity contribution in [3.05, 3.63) is 282 Å². The van der Waals surface area contributed by atoms with E-state index in [0.717, 1.165) is 141 Å². The summed E-state index contributed by atoms with van der Waals surface area (Å²) in [5.74, 6) is -1.16. The Morgan fingerprint density at radius 2 is 0.638 bits per heavy atom. The van der Waals surface area contributed by atoms with Crippen molar-refractivity contribution in [2.45, 2.75) is 103 Å². The molecule has 0 aliphatic carbocycles. The molecule has 8 aliphatic rings. The van der Waals surface area contributed by atoms with Crippen LogP contribution in [0.25, 0.3) is 52.0 Å². The molecular weight excluding hydrogens is 1690 g/mol. The Morgan fingerprint density at radius 3 is 0.992 bits per heavy atom. The van der Waals surface area contributed by atoms with Crippen molar-refractivity contribution in [2.75, 3.05) is 122 Å². The highest BCUT2D eigenvalue weighted by molar-refractivity contribution is 7.29. The molecule has 8 aromatic carbocycles. The molecule has 0 radical (unpaired) electrons. The van der Waals surface area contributed by atoms with Crippen molar-refractivity contribution in [1.82, 2.24) is 20.6 Å². The fourth-order valence-electron chi connectivity index (χ4n) is 19.7. The number of benzene rings is 8. The molecule has 14 heterocycles. The van der Waals surface area contributed by atoms with Crippen LogP contribution in [0.1, 0.15) is 157 Å². The molecule has 24 heteroatoms. The van der Waals surface area contributed by atoms with Crippen LogP contribution in [0.4, 0.5) is 68.2 Å². The van der Waals surface area contributed by atoms with Crippen LogP contribution < -0.4 is 49.8 Å². The standard InChI is InChI=1S/C50H50N8O2.C38H46N4O2.C18H8N2O2S4/c1-53(2)35-17-25-41(26-18-35)57(42-27-19-36(20-28-42)54(3)4)39-13-9-33(10-14-39)47-45-46(50(60)51-47)48(52-49(45)59)34-11-15-40(16-12-34)58(43-29-21-37(22-30-43)55(5)6)44-31-23-38(24-32-44)56(7)8;1-35(2)9-13-41-14-10-36(3,4)24-18-21(17-23(35)31(24)41)29-27-28(34(44)39-29)30(40-33(27)43)22-19-25-32-26(20-22)38(7,8)12-16-42(32)15-11-37(25,5)6;21-17-13-14(16(20-17)12-6-10-8(26-12)2-4-24-10)18(22)19-15(13)11-5-9-7(25-11)1-3-23-9/h9-32H,1-8H3,(H,51,60)(H,52,59);17-20,39,44H,9-16H2,1-8H3;1-6,19,22H. The molecule has 0 unspecified atom stereocenters. The zero-order valence-corrected chi connectivity index (χ0v) is 79.2. The average molecular weight is 1800 g/mol. The van der Waals surface area contributed by atoms with E-state index in [2.05, 4.69) is 270 Å². The number of aromatic amines is 2. The summed E-state index contributed by atoms with van der Waals surface area (Å²) in [5, 5.41) is 32.2. The second-order valence-corrected chi connectivity index (χ2v) is 42.5. The van der Waals surface area contributed by atoms with E-state index in [9.17, 15) is 29.4 Å². The van der Waals surface area contributed by atoms with Gasteiger partial charge in [0.05, 0.1) is 77.4 Å². The molecule has 22 rings (SSSR count). The second-order valence-electron chi connectivity index (χ2n) is 38.4. The van der Waals surface area contributed by atoms with Gasteiger partial charge in [-0.1, -0.05) is 79.7 Å². The van der Waals surface area contributed by atoms with Crippen molar-refractivity contribution in [3.8, 4) is 33.6 Å². The van der Waals surface area contributed by atoms with E-state index in [1.54, 1.807) is 45.3 Å². The molecule has 4 amide bonds. The first kappa shape index (κ1) is 84.9. The van der Waals surface area contributed by atoms with Crippen LogP contribution in [0.3, 0.4) is 0 Å². The van der Waals surface area contributed by atoms with Crippen molar-refractivity contribution in [1.29, 1.82) is 0 Å². The quantitative estimate of drug-likeness (QED) is 0.0531. The Balaban J connectivity index is 0.000000131. The predicted molar refractivity (Wildman–Crippen MR) is 540 cm³/mol. The first-order chi connectivity index (χ1) is 62.1. The van der Waals surface area contributed by atoms with E-state index in [-0.39, 0.29) is 57.0 Å². The number of hydrogen-bond donors (Lipinski definition) is 6. The third-order valence-corrected chi connectivity index (χ3v) is 31.6. The lowest BCUT2D eigenvalue weighted by molar-refractivity contribution is -0.117. The lowest BCUT2D eigenvalue weighted by Gasteiger charge is -2.48. The van der Waals surface area contributed by atoms with Crippen LogP contribution in [0.5, 0.6) is 11.8 Å². The van der Waals surface area contributed by atoms with Gasteiger partial charge in [0.15, 0.2) is 11.8 Å². The van der Waals surface area contributed by atoms with Gasteiger partial charge in [-0.3, -0.25) is 19.2 Å². The van der Waals surface area contributed by atoms with Crippen molar-refractivity contribution in [3.63, 3.8) is 0 Å². The number of H-pyrrole nitrogens is 2. The first-order valence-corrected chi connectivity index (χ1v) is 47.6. The van der Waals surface area contributed by atoms with E-state index >= 15 is 0 Å². The van der Waals surface area contributed by atoms with Gasteiger partial charge in [0.2, 0.25) is 0 Å². The van der Waals surface area contributed by atoms with Gasteiger partial charge < -0.3 is 70.0 Å². The number of nitrogens with zero attached hydrogens (tertiary/aromatic N) is 10. The van der Waals surface area contributed by atoms with Crippen LogP contribution in [0.15, 0.2) is 226 Å². The summed E-state index contributed by atoms with van der Waals surface area (Å²) in [6.45, 7) is 22.9.